The monoisotopic (exact) mass is 940 g/mol. The number of thiophene rings is 1. The summed E-state index contributed by atoms with van der Waals surface area (Å²) in [5, 5.41) is 17.7. The van der Waals surface area contributed by atoms with Crippen molar-refractivity contribution in [2.75, 3.05) is 0 Å². The highest BCUT2D eigenvalue weighted by Crippen LogP contribution is 2.50. The Kier molecular flexibility index (Phi) is 9.55. The zero-order chi connectivity index (χ0) is 48.0. The third kappa shape index (κ3) is 6.60. The number of hydrogen-bond donors (Lipinski definition) is 0. The fourth-order valence-electron chi connectivity index (χ4n) is 12.2. The molecule has 0 unspecified atom stereocenters. The molecule has 0 saturated carbocycles. The van der Waals surface area contributed by atoms with Crippen LogP contribution in [-0.2, 0) is 0 Å². The maximum absolute atomic E-state index is 2.46. The fraction of sp³-hybridized carbons (Fsp3) is 0. The molecule has 0 N–H and O–H groups in total. The van der Waals surface area contributed by atoms with Gasteiger partial charge in [0.2, 0.25) is 0 Å². The van der Waals surface area contributed by atoms with Crippen molar-refractivity contribution in [3.63, 3.8) is 0 Å². The summed E-state index contributed by atoms with van der Waals surface area (Å²) in [4.78, 5) is 0. The Balaban J connectivity index is 0.871. The lowest BCUT2D eigenvalue weighted by atomic mass is 9.85. The van der Waals surface area contributed by atoms with Gasteiger partial charge in [-0.25, -0.2) is 0 Å². The van der Waals surface area contributed by atoms with E-state index in [1.54, 1.807) is 0 Å². The van der Waals surface area contributed by atoms with Crippen LogP contribution in [0.3, 0.4) is 0 Å². The van der Waals surface area contributed by atoms with Gasteiger partial charge in [0.15, 0.2) is 0 Å². The molecule has 0 radical (unpaired) electrons. The molecule has 73 heavy (non-hydrogen) atoms. The first-order chi connectivity index (χ1) is 36.2. The maximum atomic E-state index is 2.46. The minimum absolute atomic E-state index is 1.22. The van der Waals surface area contributed by atoms with Gasteiger partial charge >= 0.3 is 0 Å². The SMILES string of the molecule is c1ccc2c(-c3ccc(-c4c5ccccc5c(-c5ccc6sc7c(-c8c9ccccc9c(-c9ccc(-c%10cccc%11ccccc%10%11)cc9)c9ccccc89)cccc7c6c5)c5ccccc45)cc3)cccc2c1. The van der Waals surface area contributed by atoms with E-state index in [1.807, 2.05) is 11.3 Å². The van der Waals surface area contributed by atoms with Gasteiger partial charge in [0.25, 0.3) is 0 Å². The molecule has 338 valence electrons. The van der Waals surface area contributed by atoms with E-state index in [0.717, 1.165) is 0 Å². The first-order valence-corrected chi connectivity index (χ1v) is 26.1. The molecule has 0 atom stereocenters. The second-order valence-electron chi connectivity index (χ2n) is 19.4. The fourth-order valence-corrected chi connectivity index (χ4v) is 13.4. The molecule has 0 aliphatic heterocycles. The highest BCUT2D eigenvalue weighted by molar-refractivity contribution is 7.26. The van der Waals surface area contributed by atoms with Crippen molar-refractivity contribution < 1.29 is 0 Å². The third-order valence-electron chi connectivity index (χ3n) is 15.5. The van der Waals surface area contributed by atoms with Gasteiger partial charge < -0.3 is 0 Å². The summed E-state index contributed by atoms with van der Waals surface area (Å²) in [6.45, 7) is 0. The maximum Gasteiger partial charge on any atom is 0.0434 e. The van der Waals surface area contributed by atoms with Crippen LogP contribution in [-0.4, -0.2) is 0 Å². The first-order valence-electron chi connectivity index (χ1n) is 25.2. The molecule has 15 aromatic rings. The summed E-state index contributed by atoms with van der Waals surface area (Å²) in [6, 6.07) is 99.2. The van der Waals surface area contributed by atoms with Gasteiger partial charge in [0.1, 0.15) is 0 Å². The average molecular weight is 941 g/mol. The van der Waals surface area contributed by atoms with Crippen molar-refractivity contribution in [2.45, 2.75) is 0 Å². The lowest BCUT2D eigenvalue weighted by Crippen LogP contribution is -1.91. The van der Waals surface area contributed by atoms with Crippen LogP contribution in [0.15, 0.2) is 267 Å². The molecule has 14 aromatic carbocycles. The predicted octanol–water partition coefficient (Wildman–Crippen LogP) is 21.0. The molecule has 0 bridgehead atoms. The van der Waals surface area contributed by atoms with Gasteiger partial charge in [0.05, 0.1) is 0 Å². The first kappa shape index (κ1) is 41.6. The molecule has 0 saturated heterocycles. The second kappa shape index (κ2) is 16.7. The zero-order valence-electron chi connectivity index (χ0n) is 39.8. The van der Waals surface area contributed by atoms with Crippen LogP contribution in [0.25, 0.3) is 152 Å². The molecule has 1 heterocycles. The van der Waals surface area contributed by atoms with Gasteiger partial charge in [-0.15, -0.1) is 11.3 Å². The van der Waals surface area contributed by atoms with E-state index in [0.29, 0.717) is 0 Å². The van der Waals surface area contributed by atoms with Crippen molar-refractivity contribution in [3.8, 4) is 66.8 Å². The van der Waals surface area contributed by atoms with Crippen LogP contribution in [0, 0.1) is 0 Å². The van der Waals surface area contributed by atoms with E-state index < -0.39 is 0 Å². The molecular weight excluding hydrogens is 897 g/mol. The Morgan fingerprint density at radius 1 is 0.192 bits per heavy atom. The van der Waals surface area contributed by atoms with E-state index in [4.69, 9.17) is 0 Å². The van der Waals surface area contributed by atoms with Crippen LogP contribution in [0.5, 0.6) is 0 Å². The minimum Gasteiger partial charge on any atom is -0.135 e. The molecule has 0 fully saturated rings. The zero-order valence-corrected chi connectivity index (χ0v) is 40.6. The lowest BCUT2D eigenvalue weighted by Gasteiger charge is -2.18. The molecule has 0 amide bonds. The topological polar surface area (TPSA) is 0 Å². The Morgan fingerprint density at radius 2 is 0.507 bits per heavy atom. The Morgan fingerprint density at radius 3 is 0.959 bits per heavy atom. The van der Waals surface area contributed by atoms with Crippen molar-refractivity contribution >= 4 is 96.1 Å². The van der Waals surface area contributed by atoms with Crippen molar-refractivity contribution in [1.29, 1.82) is 0 Å². The quantitative estimate of drug-likeness (QED) is 0.146. The molecule has 15 rings (SSSR count). The summed E-state index contributed by atoms with van der Waals surface area (Å²) in [7, 11) is 0. The third-order valence-corrected chi connectivity index (χ3v) is 16.7. The molecule has 1 aromatic heterocycles. The van der Waals surface area contributed by atoms with E-state index in [-0.39, 0.29) is 0 Å². The Hall–Kier alpha value is -9.14. The molecule has 0 spiro atoms. The predicted molar refractivity (Wildman–Crippen MR) is 317 cm³/mol. The summed E-state index contributed by atoms with van der Waals surface area (Å²) in [6.07, 6.45) is 0. The normalized spacial score (nSPS) is 11.8. The number of benzene rings is 14. The number of rotatable bonds is 6. The van der Waals surface area contributed by atoms with Gasteiger partial charge in [-0.1, -0.05) is 255 Å². The van der Waals surface area contributed by atoms with Crippen LogP contribution >= 0.6 is 11.3 Å². The smallest absolute Gasteiger partial charge is 0.0434 e. The van der Waals surface area contributed by atoms with Crippen LogP contribution in [0.1, 0.15) is 0 Å². The molecule has 1 heteroatoms. The van der Waals surface area contributed by atoms with Crippen molar-refractivity contribution in [3.05, 3.63) is 267 Å². The van der Waals surface area contributed by atoms with Gasteiger partial charge in [-0.2, -0.15) is 0 Å². The summed E-state index contributed by atoms with van der Waals surface area (Å²) in [5.41, 5.74) is 15.0. The lowest BCUT2D eigenvalue weighted by molar-refractivity contribution is 1.63. The molecule has 0 nitrogen and oxygen atoms in total. The minimum atomic E-state index is 1.22. The van der Waals surface area contributed by atoms with Gasteiger partial charge in [-0.05, 0) is 138 Å². The summed E-state index contributed by atoms with van der Waals surface area (Å²) in [5.74, 6) is 0. The number of hydrogen-bond acceptors (Lipinski definition) is 1. The van der Waals surface area contributed by atoms with E-state index in [2.05, 4.69) is 267 Å². The summed E-state index contributed by atoms with van der Waals surface area (Å²) < 4.78 is 2.60. The molecule has 0 aliphatic carbocycles. The van der Waals surface area contributed by atoms with E-state index >= 15 is 0 Å². The van der Waals surface area contributed by atoms with E-state index in [9.17, 15) is 0 Å². The largest absolute Gasteiger partial charge is 0.135 e. The standard InChI is InChI=1S/C72H44S/c1-3-20-52-45(16-1)18-13-30-54(52)47-34-38-49(39-35-47)68-56-22-5-7-24-58(56)70(59-25-8-6-23-57(59)68)51-42-43-67-66(44-51)64-32-15-33-65(72(64)73-67)71-62-28-11-9-26-60(62)69(61-27-10-12-29-63(61)71)50-40-36-48(37-41-50)55-31-14-19-46-17-2-4-21-53(46)55/h1-44H. The highest BCUT2D eigenvalue weighted by Gasteiger charge is 2.22. The number of fused-ring (bicyclic) bond motifs is 9. The molecule has 0 aliphatic rings. The van der Waals surface area contributed by atoms with Gasteiger partial charge in [0, 0.05) is 25.7 Å². The van der Waals surface area contributed by atoms with Crippen LogP contribution in [0.4, 0.5) is 0 Å². The average Bonchev–Trinajstić information content (AvgIpc) is 3.84. The van der Waals surface area contributed by atoms with Gasteiger partial charge in [-0.3, -0.25) is 0 Å². The molecular formula is C72H44S. The summed E-state index contributed by atoms with van der Waals surface area (Å²) >= 11 is 1.91. The Labute approximate surface area is 427 Å². The Bertz CT molecular complexity index is 4580. The van der Waals surface area contributed by atoms with E-state index in [1.165, 1.54) is 152 Å². The van der Waals surface area contributed by atoms with Crippen LogP contribution in [0.2, 0.25) is 0 Å². The van der Waals surface area contributed by atoms with Crippen molar-refractivity contribution in [2.24, 2.45) is 0 Å². The van der Waals surface area contributed by atoms with Crippen LogP contribution < -0.4 is 0 Å². The highest BCUT2D eigenvalue weighted by atomic mass is 32.1. The van der Waals surface area contributed by atoms with Crippen molar-refractivity contribution in [1.82, 2.24) is 0 Å². The second-order valence-corrected chi connectivity index (χ2v) is 20.4.